The fourth-order valence-electron chi connectivity index (χ4n) is 4.07. The van der Waals surface area contributed by atoms with E-state index in [9.17, 15) is 4.79 Å². The Morgan fingerprint density at radius 1 is 1.04 bits per heavy atom. The van der Waals surface area contributed by atoms with Gasteiger partial charge in [0.05, 0.1) is 6.54 Å². The van der Waals surface area contributed by atoms with Crippen LogP contribution in [-0.2, 0) is 17.9 Å². The summed E-state index contributed by atoms with van der Waals surface area (Å²) >= 11 is 0. The number of rotatable bonds is 7. The number of nitrogens with zero attached hydrogens (tertiary/aromatic N) is 2. The molecule has 4 heteroatoms. The van der Waals surface area contributed by atoms with Crippen LogP contribution in [0.25, 0.3) is 11.1 Å². The van der Waals surface area contributed by atoms with Gasteiger partial charge in [0.25, 0.3) is 0 Å². The van der Waals surface area contributed by atoms with E-state index < -0.39 is 0 Å². The fraction of sp³-hybridized carbons (Fsp3) is 0.333. The fourth-order valence-corrected chi connectivity index (χ4v) is 4.07. The molecule has 0 radical (unpaired) electrons. The van der Waals surface area contributed by atoms with Gasteiger partial charge in [-0.2, -0.15) is 5.10 Å². The van der Waals surface area contributed by atoms with E-state index in [1.807, 2.05) is 23.0 Å². The van der Waals surface area contributed by atoms with Crippen molar-refractivity contribution >= 4 is 5.91 Å². The normalized spacial score (nSPS) is 14.3. The molecule has 0 unspecified atom stereocenters. The topological polar surface area (TPSA) is 46.9 Å². The van der Waals surface area contributed by atoms with Gasteiger partial charge in [-0.1, -0.05) is 61.4 Å². The highest BCUT2D eigenvalue weighted by Gasteiger charge is 2.18. The van der Waals surface area contributed by atoms with Crippen molar-refractivity contribution in [2.75, 3.05) is 0 Å². The Hall–Kier alpha value is -2.88. The Balaban J connectivity index is 1.41. The number of nitrogens with one attached hydrogen (secondary N) is 1. The van der Waals surface area contributed by atoms with E-state index in [1.54, 1.807) is 6.20 Å². The molecule has 1 amide bonds. The lowest BCUT2D eigenvalue weighted by Gasteiger charge is -2.13. The first-order valence-corrected chi connectivity index (χ1v) is 10.2. The van der Waals surface area contributed by atoms with E-state index >= 15 is 0 Å². The summed E-state index contributed by atoms with van der Waals surface area (Å²) in [6.07, 6.45) is 9.39. The average Bonchev–Trinajstić information content (AvgIpc) is 3.42. The van der Waals surface area contributed by atoms with Crippen LogP contribution in [0.1, 0.15) is 43.2 Å². The predicted octanol–water partition coefficient (Wildman–Crippen LogP) is 4.79. The third-order valence-electron chi connectivity index (χ3n) is 5.61. The van der Waals surface area contributed by atoms with Crippen LogP contribution in [0.4, 0.5) is 0 Å². The van der Waals surface area contributed by atoms with Crippen LogP contribution in [-0.4, -0.2) is 15.7 Å². The molecule has 3 aromatic rings. The Kier molecular flexibility index (Phi) is 5.86. The summed E-state index contributed by atoms with van der Waals surface area (Å²) in [6.45, 7) is 1.35. The summed E-state index contributed by atoms with van der Waals surface area (Å²) in [7, 11) is 0. The number of benzene rings is 2. The van der Waals surface area contributed by atoms with E-state index in [0.29, 0.717) is 18.9 Å². The van der Waals surface area contributed by atoms with Crippen LogP contribution >= 0.6 is 0 Å². The van der Waals surface area contributed by atoms with Crippen LogP contribution in [0, 0.1) is 5.92 Å². The largest absolute Gasteiger partial charge is 0.352 e. The van der Waals surface area contributed by atoms with E-state index in [4.69, 9.17) is 0 Å². The monoisotopic (exact) mass is 373 g/mol. The summed E-state index contributed by atoms with van der Waals surface area (Å²) in [4.78, 5) is 12.3. The van der Waals surface area contributed by atoms with Gasteiger partial charge < -0.3 is 5.32 Å². The zero-order valence-electron chi connectivity index (χ0n) is 16.2. The smallest absolute Gasteiger partial charge is 0.220 e. The Morgan fingerprint density at radius 3 is 2.57 bits per heavy atom. The third-order valence-corrected chi connectivity index (χ3v) is 5.61. The molecule has 1 fully saturated rings. The van der Waals surface area contributed by atoms with Crippen LogP contribution < -0.4 is 5.32 Å². The molecule has 4 rings (SSSR count). The first kappa shape index (κ1) is 18.5. The SMILES string of the molecule is O=C(CC1CCCC1)NCc1ccccc1-c1ccc(Cn2cccn2)cc1. The first-order chi connectivity index (χ1) is 13.8. The molecule has 2 aromatic carbocycles. The quantitative estimate of drug-likeness (QED) is 0.647. The lowest BCUT2D eigenvalue weighted by Crippen LogP contribution is -2.24. The van der Waals surface area contributed by atoms with Gasteiger partial charge in [0.1, 0.15) is 0 Å². The van der Waals surface area contributed by atoms with Gasteiger partial charge in [-0.15, -0.1) is 0 Å². The zero-order chi connectivity index (χ0) is 19.2. The molecule has 1 aliphatic carbocycles. The summed E-state index contributed by atoms with van der Waals surface area (Å²) in [6, 6.07) is 18.8. The second kappa shape index (κ2) is 8.87. The summed E-state index contributed by atoms with van der Waals surface area (Å²) < 4.78 is 1.92. The number of carbonyl (C=O) groups is 1. The Labute approximate surface area is 166 Å². The predicted molar refractivity (Wildman–Crippen MR) is 112 cm³/mol. The lowest BCUT2D eigenvalue weighted by molar-refractivity contribution is -0.122. The maximum Gasteiger partial charge on any atom is 0.220 e. The summed E-state index contributed by atoms with van der Waals surface area (Å²) in [5.74, 6) is 0.758. The molecule has 0 bridgehead atoms. The van der Waals surface area contributed by atoms with E-state index in [-0.39, 0.29) is 5.91 Å². The standard InChI is InChI=1S/C24H27N3O/c28-24(16-19-6-1-2-7-19)25-17-22-8-3-4-9-23(22)21-12-10-20(11-13-21)18-27-15-5-14-26-27/h3-5,8-15,19H,1-2,6-7,16-18H2,(H,25,28). The van der Waals surface area contributed by atoms with Crippen LogP contribution in [0.3, 0.4) is 0 Å². The lowest BCUT2D eigenvalue weighted by atomic mass is 9.98. The van der Waals surface area contributed by atoms with Crippen molar-refractivity contribution in [3.63, 3.8) is 0 Å². The van der Waals surface area contributed by atoms with Gasteiger partial charge in [-0.3, -0.25) is 9.48 Å². The van der Waals surface area contributed by atoms with E-state index in [1.165, 1.54) is 42.4 Å². The molecule has 144 valence electrons. The van der Waals surface area contributed by atoms with Gasteiger partial charge in [0.15, 0.2) is 0 Å². The Bertz CT molecular complexity index is 894. The van der Waals surface area contributed by atoms with Crippen molar-refractivity contribution < 1.29 is 4.79 Å². The first-order valence-electron chi connectivity index (χ1n) is 10.2. The molecule has 1 aliphatic rings. The second-order valence-electron chi connectivity index (χ2n) is 7.69. The molecule has 1 heterocycles. The molecular formula is C24H27N3O. The summed E-state index contributed by atoms with van der Waals surface area (Å²) in [5.41, 5.74) is 4.72. The van der Waals surface area contributed by atoms with E-state index in [0.717, 1.165) is 12.1 Å². The molecule has 0 aliphatic heterocycles. The highest BCUT2D eigenvalue weighted by molar-refractivity contribution is 5.77. The van der Waals surface area contributed by atoms with Crippen LogP contribution in [0.2, 0.25) is 0 Å². The molecule has 0 saturated heterocycles. The molecular weight excluding hydrogens is 346 g/mol. The molecule has 1 aromatic heterocycles. The maximum absolute atomic E-state index is 12.3. The minimum atomic E-state index is 0.177. The van der Waals surface area contributed by atoms with Crippen molar-refractivity contribution in [1.29, 1.82) is 0 Å². The number of carbonyl (C=O) groups excluding carboxylic acids is 1. The highest BCUT2D eigenvalue weighted by atomic mass is 16.1. The van der Waals surface area contributed by atoms with Crippen LogP contribution in [0.5, 0.6) is 0 Å². The molecule has 0 atom stereocenters. The van der Waals surface area contributed by atoms with Gasteiger partial charge >= 0.3 is 0 Å². The third kappa shape index (κ3) is 4.69. The van der Waals surface area contributed by atoms with Gasteiger partial charge in [-0.25, -0.2) is 0 Å². The minimum absolute atomic E-state index is 0.177. The van der Waals surface area contributed by atoms with E-state index in [2.05, 4.69) is 52.9 Å². The maximum atomic E-state index is 12.3. The van der Waals surface area contributed by atoms with Crippen molar-refractivity contribution in [3.05, 3.63) is 78.1 Å². The molecule has 28 heavy (non-hydrogen) atoms. The number of amides is 1. The second-order valence-corrected chi connectivity index (χ2v) is 7.69. The van der Waals surface area contributed by atoms with Crippen molar-refractivity contribution in [2.24, 2.45) is 5.92 Å². The minimum Gasteiger partial charge on any atom is -0.352 e. The van der Waals surface area contributed by atoms with Crippen LogP contribution in [0.15, 0.2) is 67.0 Å². The average molecular weight is 374 g/mol. The molecule has 1 saturated carbocycles. The van der Waals surface area contributed by atoms with Gasteiger partial charge in [-0.05, 0) is 47.1 Å². The number of hydrogen-bond acceptors (Lipinski definition) is 2. The van der Waals surface area contributed by atoms with Crippen molar-refractivity contribution in [2.45, 2.75) is 45.2 Å². The van der Waals surface area contributed by atoms with Crippen molar-refractivity contribution in [3.8, 4) is 11.1 Å². The Morgan fingerprint density at radius 2 is 1.82 bits per heavy atom. The van der Waals surface area contributed by atoms with Crippen molar-refractivity contribution in [1.82, 2.24) is 15.1 Å². The molecule has 0 spiro atoms. The van der Waals surface area contributed by atoms with Gasteiger partial charge in [0, 0.05) is 25.4 Å². The highest BCUT2D eigenvalue weighted by Crippen LogP contribution is 2.28. The van der Waals surface area contributed by atoms with Gasteiger partial charge in [0.2, 0.25) is 5.91 Å². The summed E-state index contributed by atoms with van der Waals surface area (Å²) in [5, 5.41) is 7.39. The molecule has 4 nitrogen and oxygen atoms in total. The molecule has 1 N–H and O–H groups in total. The zero-order valence-corrected chi connectivity index (χ0v) is 16.2. The number of aromatic nitrogens is 2. The number of hydrogen-bond donors (Lipinski definition) is 1.